The van der Waals surface area contributed by atoms with E-state index in [1.54, 1.807) is 73.2 Å². The second kappa shape index (κ2) is 10.8. The standard InChI is InChI=1S/C24H26N4O4S/c1-31-21-5-2-4-19(16-21)26-22(29)17-32-20-8-6-18(7-9-20)23(30)27-11-3-12-28(14-13-27)24-25-10-15-33-24/h2,4-10,15-16H,3,11-14,17H2,1H3,(H,26,29). The summed E-state index contributed by atoms with van der Waals surface area (Å²) in [7, 11) is 1.57. The zero-order valence-corrected chi connectivity index (χ0v) is 19.2. The van der Waals surface area contributed by atoms with Gasteiger partial charge in [0.25, 0.3) is 11.8 Å². The number of benzene rings is 2. The molecule has 1 aliphatic rings. The maximum Gasteiger partial charge on any atom is 0.262 e. The molecule has 0 bridgehead atoms. The second-order valence-corrected chi connectivity index (χ2v) is 8.41. The minimum Gasteiger partial charge on any atom is -0.497 e. The number of nitrogens with zero attached hydrogens (tertiary/aromatic N) is 3. The smallest absolute Gasteiger partial charge is 0.262 e. The average molecular weight is 467 g/mol. The molecule has 4 rings (SSSR count). The number of methoxy groups -OCH3 is 1. The van der Waals surface area contributed by atoms with Crippen molar-refractivity contribution in [2.75, 3.05) is 50.1 Å². The van der Waals surface area contributed by atoms with Crippen molar-refractivity contribution in [3.63, 3.8) is 0 Å². The number of carbonyl (C=O) groups is 2. The monoisotopic (exact) mass is 466 g/mol. The zero-order valence-electron chi connectivity index (χ0n) is 18.4. The van der Waals surface area contributed by atoms with Crippen LogP contribution in [0.3, 0.4) is 0 Å². The average Bonchev–Trinajstić information content (AvgIpc) is 3.27. The molecule has 0 radical (unpaired) electrons. The quantitative estimate of drug-likeness (QED) is 0.574. The van der Waals surface area contributed by atoms with Crippen LogP contribution in [0.4, 0.5) is 10.8 Å². The number of nitrogens with one attached hydrogen (secondary N) is 1. The summed E-state index contributed by atoms with van der Waals surface area (Å²) in [4.78, 5) is 33.6. The largest absolute Gasteiger partial charge is 0.497 e. The van der Waals surface area contributed by atoms with Gasteiger partial charge in [0.05, 0.1) is 7.11 Å². The highest BCUT2D eigenvalue weighted by Crippen LogP contribution is 2.21. The predicted octanol–water partition coefficient (Wildman–Crippen LogP) is 3.52. The predicted molar refractivity (Wildman–Crippen MR) is 128 cm³/mol. The Labute approximate surface area is 196 Å². The first-order chi connectivity index (χ1) is 16.1. The van der Waals surface area contributed by atoms with Crippen LogP contribution in [0.5, 0.6) is 11.5 Å². The molecule has 1 N–H and O–H groups in total. The molecule has 8 nitrogen and oxygen atoms in total. The first kappa shape index (κ1) is 22.6. The van der Waals surface area contributed by atoms with Gasteiger partial charge in [0.2, 0.25) is 0 Å². The molecule has 0 spiro atoms. The molecule has 3 aromatic rings. The topological polar surface area (TPSA) is 84.0 Å². The number of hydrogen-bond acceptors (Lipinski definition) is 7. The van der Waals surface area contributed by atoms with Crippen molar-refractivity contribution in [3.05, 3.63) is 65.7 Å². The molecule has 1 saturated heterocycles. The van der Waals surface area contributed by atoms with Crippen molar-refractivity contribution in [3.8, 4) is 11.5 Å². The van der Waals surface area contributed by atoms with Gasteiger partial charge in [-0.25, -0.2) is 4.98 Å². The van der Waals surface area contributed by atoms with Crippen molar-refractivity contribution in [1.29, 1.82) is 0 Å². The lowest BCUT2D eigenvalue weighted by Crippen LogP contribution is -2.35. The summed E-state index contributed by atoms with van der Waals surface area (Å²) >= 11 is 1.62. The Bertz CT molecular complexity index is 1070. The molecule has 0 saturated carbocycles. The number of ether oxygens (including phenoxy) is 2. The van der Waals surface area contributed by atoms with E-state index in [0.717, 1.165) is 24.6 Å². The zero-order chi connectivity index (χ0) is 23.0. The second-order valence-electron chi connectivity index (χ2n) is 7.54. The molecule has 33 heavy (non-hydrogen) atoms. The summed E-state index contributed by atoms with van der Waals surface area (Å²) in [5, 5.41) is 5.74. The molecule has 2 aromatic carbocycles. The van der Waals surface area contributed by atoms with Crippen LogP contribution in [0.1, 0.15) is 16.8 Å². The molecular formula is C24H26N4O4S. The van der Waals surface area contributed by atoms with Gasteiger partial charge >= 0.3 is 0 Å². The third-order valence-corrected chi connectivity index (χ3v) is 6.13. The molecule has 1 fully saturated rings. The number of amides is 2. The van der Waals surface area contributed by atoms with E-state index in [1.165, 1.54) is 0 Å². The molecular weight excluding hydrogens is 440 g/mol. The van der Waals surface area contributed by atoms with Gasteiger partial charge in [-0.2, -0.15) is 0 Å². The van der Waals surface area contributed by atoms with Crippen molar-refractivity contribution in [2.24, 2.45) is 0 Å². The van der Waals surface area contributed by atoms with Gasteiger partial charge in [-0.15, -0.1) is 11.3 Å². The maximum absolute atomic E-state index is 13.0. The van der Waals surface area contributed by atoms with Gasteiger partial charge in [-0.3, -0.25) is 9.59 Å². The van der Waals surface area contributed by atoms with E-state index in [2.05, 4.69) is 15.2 Å². The number of anilines is 2. The number of hydrogen-bond donors (Lipinski definition) is 1. The van der Waals surface area contributed by atoms with Crippen LogP contribution in [0.15, 0.2) is 60.1 Å². The summed E-state index contributed by atoms with van der Waals surface area (Å²) < 4.78 is 10.7. The van der Waals surface area contributed by atoms with E-state index in [0.29, 0.717) is 35.8 Å². The molecule has 9 heteroatoms. The van der Waals surface area contributed by atoms with Gasteiger partial charge in [0.15, 0.2) is 11.7 Å². The minimum atomic E-state index is -0.280. The fraction of sp³-hybridized carbons (Fsp3) is 0.292. The fourth-order valence-corrected chi connectivity index (χ4v) is 4.30. The molecule has 2 amide bonds. The fourth-order valence-electron chi connectivity index (χ4n) is 3.61. The van der Waals surface area contributed by atoms with Gasteiger partial charge in [0.1, 0.15) is 11.5 Å². The van der Waals surface area contributed by atoms with E-state index in [-0.39, 0.29) is 18.4 Å². The van der Waals surface area contributed by atoms with E-state index in [4.69, 9.17) is 9.47 Å². The third kappa shape index (κ3) is 6.01. The van der Waals surface area contributed by atoms with Gasteiger partial charge in [-0.1, -0.05) is 6.07 Å². The molecule has 0 aliphatic carbocycles. The molecule has 2 heterocycles. The lowest BCUT2D eigenvalue weighted by atomic mass is 10.2. The number of thiazole rings is 1. The lowest BCUT2D eigenvalue weighted by Gasteiger charge is -2.22. The summed E-state index contributed by atoms with van der Waals surface area (Å²) in [6.07, 6.45) is 2.70. The SMILES string of the molecule is COc1cccc(NC(=O)COc2ccc(C(=O)N3CCCN(c4nccs4)CC3)cc2)c1. The normalized spacial score (nSPS) is 13.8. The van der Waals surface area contributed by atoms with E-state index >= 15 is 0 Å². The Kier molecular flexibility index (Phi) is 7.41. The summed E-state index contributed by atoms with van der Waals surface area (Å²) in [5.41, 5.74) is 1.24. The number of aromatic nitrogens is 1. The van der Waals surface area contributed by atoms with Crippen molar-refractivity contribution in [1.82, 2.24) is 9.88 Å². The van der Waals surface area contributed by atoms with Crippen LogP contribution in [0.2, 0.25) is 0 Å². The highest BCUT2D eigenvalue weighted by molar-refractivity contribution is 7.13. The Morgan fingerprint density at radius 2 is 1.91 bits per heavy atom. The molecule has 0 atom stereocenters. The van der Waals surface area contributed by atoms with Gasteiger partial charge < -0.3 is 24.6 Å². The van der Waals surface area contributed by atoms with Crippen LogP contribution in [0, 0.1) is 0 Å². The Hall–Kier alpha value is -3.59. The van der Waals surface area contributed by atoms with Crippen LogP contribution in [-0.4, -0.2) is 61.6 Å². The molecule has 1 aliphatic heterocycles. The number of rotatable bonds is 7. The Balaban J connectivity index is 1.27. The van der Waals surface area contributed by atoms with Crippen LogP contribution < -0.4 is 19.7 Å². The summed E-state index contributed by atoms with van der Waals surface area (Å²) in [5.74, 6) is 0.906. The highest BCUT2D eigenvalue weighted by Gasteiger charge is 2.21. The van der Waals surface area contributed by atoms with Gasteiger partial charge in [-0.05, 0) is 42.8 Å². The van der Waals surface area contributed by atoms with E-state index < -0.39 is 0 Å². The first-order valence-electron chi connectivity index (χ1n) is 10.7. The highest BCUT2D eigenvalue weighted by atomic mass is 32.1. The lowest BCUT2D eigenvalue weighted by molar-refractivity contribution is -0.118. The molecule has 1 aromatic heterocycles. The summed E-state index contributed by atoms with van der Waals surface area (Å²) in [6, 6.07) is 14.0. The van der Waals surface area contributed by atoms with Gasteiger partial charge in [0, 0.05) is 55.1 Å². The van der Waals surface area contributed by atoms with Crippen molar-refractivity contribution < 1.29 is 19.1 Å². The van der Waals surface area contributed by atoms with E-state index in [9.17, 15) is 9.59 Å². The van der Waals surface area contributed by atoms with Crippen molar-refractivity contribution >= 4 is 34.0 Å². The van der Waals surface area contributed by atoms with Crippen LogP contribution >= 0.6 is 11.3 Å². The molecule has 172 valence electrons. The Morgan fingerprint density at radius 1 is 1.06 bits per heavy atom. The van der Waals surface area contributed by atoms with E-state index in [1.807, 2.05) is 10.3 Å². The first-order valence-corrected chi connectivity index (χ1v) is 11.6. The van der Waals surface area contributed by atoms with Crippen molar-refractivity contribution in [2.45, 2.75) is 6.42 Å². The summed E-state index contributed by atoms with van der Waals surface area (Å²) in [6.45, 7) is 2.89. The number of carbonyl (C=O) groups excluding carboxylic acids is 2. The minimum absolute atomic E-state index is 0.00157. The van der Waals surface area contributed by atoms with Crippen LogP contribution in [0.25, 0.3) is 0 Å². The third-order valence-electron chi connectivity index (χ3n) is 5.30. The maximum atomic E-state index is 13.0. The Morgan fingerprint density at radius 3 is 2.67 bits per heavy atom. The van der Waals surface area contributed by atoms with Crippen LogP contribution in [-0.2, 0) is 4.79 Å². The molecule has 0 unspecified atom stereocenters.